The minimum Gasteiger partial charge on any atom is -0.327 e. The number of carbonyl (C=O) groups excluding carboxylic acids is 1. The molecule has 0 saturated carbocycles. The summed E-state index contributed by atoms with van der Waals surface area (Å²) in [5.74, 6) is -0.0290. The number of nitrogens with one attached hydrogen (secondary N) is 1. The van der Waals surface area contributed by atoms with Gasteiger partial charge in [-0.25, -0.2) is 0 Å². The van der Waals surface area contributed by atoms with Crippen LogP contribution in [-0.4, -0.2) is 11.9 Å². The predicted octanol–water partition coefficient (Wildman–Crippen LogP) is 1.98. The highest BCUT2D eigenvalue weighted by atomic mass is 16.1. The third-order valence-corrected chi connectivity index (χ3v) is 2.39. The maximum absolute atomic E-state index is 11.5. The van der Waals surface area contributed by atoms with Crippen LogP contribution >= 0.6 is 0 Å². The van der Waals surface area contributed by atoms with E-state index in [9.17, 15) is 4.79 Å². The van der Waals surface area contributed by atoms with Gasteiger partial charge in [0, 0.05) is 18.2 Å². The lowest BCUT2D eigenvalue weighted by molar-refractivity contribution is -0.116. The molecule has 0 bridgehead atoms. The summed E-state index contributed by atoms with van der Waals surface area (Å²) < 4.78 is 0. The molecule has 0 aliphatic carbocycles. The van der Waals surface area contributed by atoms with Crippen LogP contribution in [0.3, 0.4) is 0 Å². The Morgan fingerprint density at radius 1 is 1.47 bits per heavy atom. The molecule has 0 saturated heterocycles. The van der Waals surface area contributed by atoms with E-state index in [4.69, 9.17) is 5.73 Å². The molecule has 3 N–H and O–H groups in total. The van der Waals surface area contributed by atoms with Crippen molar-refractivity contribution in [1.29, 1.82) is 0 Å². The smallest absolute Gasteiger partial charge is 0.225 e. The molecule has 0 aromatic heterocycles. The van der Waals surface area contributed by atoms with E-state index in [2.05, 4.69) is 5.32 Å². The maximum Gasteiger partial charge on any atom is 0.225 e. The van der Waals surface area contributed by atoms with Crippen molar-refractivity contribution < 1.29 is 4.79 Å². The normalized spacial score (nSPS) is 12.3. The molecule has 0 spiro atoms. The van der Waals surface area contributed by atoms with Gasteiger partial charge in [-0.15, -0.1) is 0 Å². The Kier molecular flexibility index (Phi) is 3.86. The van der Waals surface area contributed by atoms with Gasteiger partial charge in [0.15, 0.2) is 0 Å². The lowest BCUT2D eigenvalue weighted by Crippen LogP contribution is -2.24. The highest BCUT2D eigenvalue weighted by Crippen LogP contribution is 2.18. The average Bonchev–Trinajstić information content (AvgIpc) is 2.11. The molecule has 82 valence electrons. The second-order valence-electron chi connectivity index (χ2n) is 3.98. The zero-order valence-electron chi connectivity index (χ0n) is 9.50. The minimum atomic E-state index is -0.102. The van der Waals surface area contributed by atoms with Gasteiger partial charge in [-0.1, -0.05) is 12.1 Å². The molecule has 1 unspecified atom stereocenters. The van der Waals surface area contributed by atoms with Crippen LogP contribution in [0.2, 0.25) is 0 Å². The van der Waals surface area contributed by atoms with E-state index in [1.54, 1.807) is 0 Å². The summed E-state index contributed by atoms with van der Waals surface area (Å²) in [5.41, 5.74) is 8.71. The van der Waals surface area contributed by atoms with Crippen LogP contribution in [-0.2, 0) is 4.79 Å². The minimum absolute atomic E-state index is 0.0290. The van der Waals surface area contributed by atoms with Crippen molar-refractivity contribution in [2.45, 2.75) is 33.2 Å². The number of hydrogen-bond donors (Lipinski definition) is 2. The summed E-state index contributed by atoms with van der Waals surface area (Å²) in [6.07, 6.45) is 0.355. The second kappa shape index (κ2) is 4.94. The Morgan fingerprint density at radius 3 is 2.73 bits per heavy atom. The summed E-state index contributed by atoms with van der Waals surface area (Å²) in [6.45, 7) is 5.84. The van der Waals surface area contributed by atoms with Crippen molar-refractivity contribution in [3.8, 4) is 0 Å². The van der Waals surface area contributed by atoms with Crippen LogP contribution in [0, 0.1) is 13.8 Å². The first-order chi connectivity index (χ1) is 7.00. The number of amides is 1. The van der Waals surface area contributed by atoms with Crippen LogP contribution in [0.5, 0.6) is 0 Å². The summed E-state index contributed by atoms with van der Waals surface area (Å²) >= 11 is 0. The van der Waals surface area contributed by atoms with E-state index in [0.29, 0.717) is 6.42 Å². The zero-order chi connectivity index (χ0) is 11.4. The Balaban J connectivity index is 2.73. The standard InChI is InChI=1S/C12H18N2O/c1-8-5-4-6-11(10(8)3)14-12(15)7-9(2)13/h4-6,9H,7,13H2,1-3H3,(H,14,15). The molecule has 15 heavy (non-hydrogen) atoms. The molecule has 0 aliphatic rings. The van der Waals surface area contributed by atoms with E-state index in [1.807, 2.05) is 39.0 Å². The number of nitrogens with two attached hydrogens (primary N) is 1. The summed E-state index contributed by atoms with van der Waals surface area (Å²) in [5, 5.41) is 2.86. The van der Waals surface area contributed by atoms with Gasteiger partial charge in [0.1, 0.15) is 0 Å². The van der Waals surface area contributed by atoms with Crippen LogP contribution in [0.1, 0.15) is 24.5 Å². The third kappa shape index (κ3) is 3.36. The molecule has 1 aromatic rings. The van der Waals surface area contributed by atoms with Crippen LogP contribution in [0.25, 0.3) is 0 Å². The Bertz CT molecular complexity index is 359. The van der Waals surface area contributed by atoms with E-state index in [1.165, 1.54) is 5.56 Å². The quantitative estimate of drug-likeness (QED) is 0.794. The van der Waals surface area contributed by atoms with E-state index < -0.39 is 0 Å². The fourth-order valence-electron chi connectivity index (χ4n) is 1.38. The molecule has 3 heteroatoms. The van der Waals surface area contributed by atoms with Crippen molar-refractivity contribution >= 4 is 11.6 Å². The number of hydrogen-bond acceptors (Lipinski definition) is 2. The van der Waals surface area contributed by atoms with Gasteiger partial charge in [-0.3, -0.25) is 4.79 Å². The van der Waals surface area contributed by atoms with Gasteiger partial charge < -0.3 is 11.1 Å². The van der Waals surface area contributed by atoms with Crippen LogP contribution in [0.4, 0.5) is 5.69 Å². The third-order valence-electron chi connectivity index (χ3n) is 2.39. The summed E-state index contributed by atoms with van der Waals surface area (Å²) in [7, 11) is 0. The molecule has 0 aliphatic heterocycles. The maximum atomic E-state index is 11.5. The fourth-order valence-corrected chi connectivity index (χ4v) is 1.38. The van der Waals surface area contributed by atoms with Crippen molar-refractivity contribution in [2.75, 3.05) is 5.32 Å². The number of rotatable bonds is 3. The van der Waals surface area contributed by atoms with E-state index in [-0.39, 0.29) is 11.9 Å². The lowest BCUT2D eigenvalue weighted by atomic mass is 10.1. The Morgan fingerprint density at radius 2 is 2.13 bits per heavy atom. The molecule has 1 aromatic carbocycles. The fraction of sp³-hybridized carbons (Fsp3) is 0.417. The number of carbonyl (C=O) groups is 1. The highest BCUT2D eigenvalue weighted by Gasteiger charge is 2.07. The van der Waals surface area contributed by atoms with Gasteiger partial charge in [-0.05, 0) is 38.0 Å². The first-order valence-corrected chi connectivity index (χ1v) is 5.12. The molecule has 1 amide bonds. The van der Waals surface area contributed by atoms with E-state index in [0.717, 1.165) is 11.3 Å². The largest absolute Gasteiger partial charge is 0.327 e. The highest BCUT2D eigenvalue weighted by molar-refractivity contribution is 5.91. The summed E-state index contributed by atoms with van der Waals surface area (Å²) in [4.78, 5) is 11.5. The molecule has 0 fully saturated rings. The van der Waals surface area contributed by atoms with Crippen molar-refractivity contribution in [2.24, 2.45) is 5.73 Å². The van der Waals surface area contributed by atoms with Gasteiger partial charge in [-0.2, -0.15) is 0 Å². The van der Waals surface area contributed by atoms with Gasteiger partial charge >= 0.3 is 0 Å². The van der Waals surface area contributed by atoms with Crippen molar-refractivity contribution in [3.05, 3.63) is 29.3 Å². The van der Waals surface area contributed by atoms with Gasteiger partial charge in [0.25, 0.3) is 0 Å². The molecular formula is C12H18N2O. The van der Waals surface area contributed by atoms with Gasteiger partial charge in [0.2, 0.25) is 5.91 Å². The summed E-state index contributed by atoms with van der Waals surface area (Å²) in [6, 6.07) is 5.76. The average molecular weight is 206 g/mol. The van der Waals surface area contributed by atoms with Crippen LogP contribution in [0.15, 0.2) is 18.2 Å². The molecule has 0 heterocycles. The molecule has 0 radical (unpaired) electrons. The van der Waals surface area contributed by atoms with Crippen molar-refractivity contribution in [3.63, 3.8) is 0 Å². The van der Waals surface area contributed by atoms with E-state index >= 15 is 0 Å². The van der Waals surface area contributed by atoms with Gasteiger partial charge in [0.05, 0.1) is 0 Å². The van der Waals surface area contributed by atoms with Crippen molar-refractivity contribution in [1.82, 2.24) is 0 Å². The first-order valence-electron chi connectivity index (χ1n) is 5.12. The number of benzene rings is 1. The zero-order valence-corrected chi connectivity index (χ0v) is 9.50. The topological polar surface area (TPSA) is 55.1 Å². The monoisotopic (exact) mass is 206 g/mol. The number of anilines is 1. The molecule has 3 nitrogen and oxygen atoms in total. The molecular weight excluding hydrogens is 188 g/mol. The molecule has 1 rings (SSSR count). The number of aryl methyl sites for hydroxylation is 1. The molecule has 1 atom stereocenters. The predicted molar refractivity (Wildman–Crippen MR) is 62.8 cm³/mol. The van der Waals surface area contributed by atoms with Crippen LogP contribution < -0.4 is 11.1 Å². The second-order valence-corrected chi connectivity index (χ2v) is 3.98. The lowest BCUT2D eigenvalue weighted by Gasteiger charge is -2.11. The Hall–Kier alpha value is -1.35. The Labute approximate surface area is 90.7 Å². The SMILES string of the molecule is Cc1cccc(NC(=O)CC(C)N)c1C. The first kappa shape index (κ1) is 11.7.